The fourth-order valence-electron chi connectivity index (χ4n) is 3.05. The zero-order valence-electron chi connectivity index (χ0n) is 13.2. The number of pyridine rings is 1. The molecule has 1 amide bonds. The molecule has 3 heterocycles. The Morgan fingerprint density at radius 2 is 1.95 bits per heavy atom. The van der Waals surface area contributed by atoms with E-state index in [-0.39, 0.29) is 18.1 Å². The fourth-order valence-corrected chi connectivity index (χ4v) is 3.95. The number of rotatable bonds is 2. The SMILES string of the molecule is C[C@@H]1CN(c2ccnc(C(=O)N3CCSCC3)c2)C[C@@H](C)O1. The van der Waals surface area contributed by atoms with Gasteiger partial charge in [0.15, 0.2) is 0 Å². The largest absolute Gasteiger partial charge is 0.372 e. The smallest absolute Gasteiger partial charge is 0.272 e. The number of hydrogen-bond acceptors (Lipinski definition) is 5. The molecule has 1 aromatic rings. The lowest BCUT2D eigenvalue weighted by atomic mass is 10.2. The number of carbonyl (C=O) groups is 1. The Hall–Kier alpha value is -1.27. The van der Waals surface area contributed by atoms with Gasteiger partial charge in [-0.3, -0.25) is 9.78 Å². The van der Waals surface area contributed by atoms with Crippen molar-refractivity contribution < 1.29 is 9.53 Å². The third-order valence-electron chi connectivity index (χ3n) is 4.05. The van der Waals surface area contributed by atoms with E-state index in [4.69, 9.17) is 4.74 Å². The molecule has 3 rings (SSSR count). The van der Waals surface area contributed by atoms with E-state index < -0.39 is 0 Å². The van der Waals surface area contributed by atoms with Crippen molar-refractivity contribution in [2.75, 3.05) is 42.6 Å². The highest BCUT2D eigenvalue weighted by Crippen LogP contribution is 2.21. The minimum atomic E-state index is 0.0523. The van der Waals surface area contributed by atoms with Gasteiger partial charge in [-0.1, -0.05) is 0 Å². The summed E-state index contributed by atoms with van der Waals surface area (Å²) in [6, 6.07) is 3.91. The standard InChI is InChI=1S/C16H23N3O2S/c1-12-10-19(11-13(2)21-12)14-3-4-17-15(9-14)16(20)18-5-7-22-8-6-18/h3-4,9,12-13H,5-8,10-11H2,1-2H3/t12-,13-/m1/s1. The van der Waals surface area contributed by atoms with E-state index in [0.29, 0.717) is 5.69 Å². The molecule has 5 nitrogen and oxygen atoms in total. The van der Waals surface area contributed by atoms with Crippen LogP contribution < -0.4 is 4.90 Å². The highest BCUT2D eigenvalue weighted by atomic mass is 32.2. The molecule has 0 aliphatic carbocycles. The number of nitrogens with zero attached hydrogens (tertiary/aromatic N) is 3. The first-order valence-electron chi connectivity index (χ1n) is 7.87. The number of aromatic nitrogens is 1. The molecule has 120 valence electrons. The Morgan fingerprint density at radius 3 is 2.64 bits per heavy atom. The van der Waals surface area contributed by atoms with Crippen molar-refractivity contribution in [1.29, 1.82) is 0 Å². The Morgan fingerprint density at radius 1 is 1.27 bits per heavy atom. The van der Waals surface area contributed by atoms with Crippen LogP contribution in [0.4, 0.5) is 5.69 Å². The first-order valence-corrected chi connectivity index (χ1v) is 9.02. The van der Waals surface area contributed by atoms with E-state index in [0.717, 1.165) is 43.4 Å². The summed E-state index contributed by atoms with van der Waals surface area (Å²) in [6.07, 6.45) is 2.15. The van der Waals surface area contributed by atoms with Gasteiger partial charge < -0.3 is 14.5 Å². The molecule has 22 heavy (non-hydrogen) atoms. The summed E-state index contributed by atoms with van der Waals surface area (Å²) in [6.45, 7) is 7.51. The molecular formula is C16H23N3O2S. The van der Waals surface area contributed by atoms with Gasteiger partial charge in [-0.25, -0.2) is 0 Å². The molecule has 0 radical (unpaired) electrons. The maximum absolute atomic E-state index is 12.6. The number of hydrogen-bond donors (Lipinski definition) is 0. The van der Waals surface area contributed by atoms with Gasteiger partial charge in [0, 0.05) is 49.6 Å². The number of amides is 1. The zero-order chi connectivity index (χ0) is 15.5. The van der Waals surface area contributed by atoms with Gasteiger partial charge in [0.1, 0.15) is 5.69 Å². The molecule has 2 fully saturated rings. The van der Waals surface area contributed by atoms with E-state index >= 15 is 0 Å². The summed E-state index contributed by atoms with van der Waals surface area (Å²) in [7, 11) is 0. The van der Waals surface area contributed by atoms with Crippen LogP contribution in [-0.4, -0.2) is 65.7 Å². The van der Waals surface area contributed by atoms with Gasteiger partial charge in [-0.05, 0) is 26.0 Å². The van der Waals surface area contributed by atoms with Gasteiger partial charge in [-0.15, -0.1) is 0 Å². The van der Waals surface area contributed by atoms with Crippen LogP contribution in [-0.2, 0) is 4.74 Å². The first kappa shape index (κ1) is 15.6. The molecule has 2 atom stereocenters. The molecule has 6 heteroatoms. The Balaban J connectivity index is 1.75. The molecule has 0 unspecified atom stereocenters. The minimum Gasteiger partial charge on any atom is -0.372 e. The van der Waals surface area contributed by atoms with Gasteiger partial charge in [0.25, 0.3) is 5.91 Å². The van der Waals surface area contributed by atoms with Crippen LogP contribution in [0.3, 0.4) is 0 Å². The molecular weight excluding hydrogens is 298 g/mol. The molecule has 0 spiro atoms. The van der Waals surface area contributed by atoms with Crippen molar-refractivity contribution in [3.63, 3.8) is 0 Å². The summed E-state index contributed by atoms with van der Waals surface area (Å²) in [5.74, 6) is 2.09. The molecule has 2 aliphatic heterocycles. The van der Waals surface area contributed by atoms with E-state index in [2.05, 4.69) is 23.7 Å². The van der Waals surface area contributed by atoms with Gasteiger partial charge >= 0.3 is 0 Å². The Kier molecular flexibility index (Phi) is 4.88. The molecule has 1 aromatic heterocycles. The average molecular weight is 321 g/mol. The fraction of sp³-hybridized carbons (Fsp3) is 0.625. The van der Waals surface area contributed by atoms with Crippen molar-refractivity contribution in [1.82, 2.24) is 9.88 Å². The maximum Gasteiger partial charge on any atom is 0.272 e. The molecule has 2 saturated heterocycles. The number of morpholine rings is 1. The van der Waals surface area contributed by atoms with Crippen LogP contribution in [0.15, 0.2) is 18.3 Å². The molecule has 0 N–H and O–H groups in total. The first-order chi connectivity index (χ1) is 10.6. The monoisotopic (exact) mass is 321 g/mol. The number of anilines is 1. The van der Waals surface area contributed by atoms with Crippen LogP contribution in [0.2, 0.25) is 0 Å². The highest BCUT2D eigenvalue weighted by Gasteiger charge is 2.24. The second-order valence-corrected chi connectivity index (χ2v) is 7.19. The number of ether oxygens (including phenoxy) is 1. The summed E-state index contributed by atoms with van der Waals surface area (Å²) < 4.78 is 5.78. The maximum atomic E-state index is 12.6. The third-order valence-corrected chi connectivity index (χ3v) is 4.99. The van der Waals surface area contributed by atoms with Crippen molar-refractivity contribution >= 4 is 23.4 Å². The van der Waals surface area contributed by atoms with Crippen molar-refractivity contribution in [3.8, 4) is 0 Å². The molecule has 0 aromatic carbocycles. The molecule has 0 bridgehead atoms. The van der Waals surface area contributed by atoms with Crippen LogP contribution in [0.5, 0.6) is 0 Å². The van der Waals surface area contributed by atoms with E-state index in [9.17, 15) is 4.79 Å². The third kappa shape index (κ3) is 3.55. The number of carbonyl (C=O) groups excluding carboxylic acids is 1. The van der Waals surface area contributed by atoms with E-state index in [1.807, 2.05) is 28.8 Å². The average Bonchev–Trinajstić information content (AvgIpc) is 2.54. The van der Waals surface area contributed by atoms with Crippen LogP contribution >= 0.6 is 11.8 Å². The normalized spacial score (nSPS) is 26.1. The van der Waals surface area contributed by atoms with E-state index in [1.165, 1.54) is 0 Å². The van der Waals surface area contributed by atoms with Gasteiger partial charge in [0.2, 0.25) is 0 Å². The van der Waals surface area contributed by atoms with Crippen molar-refractivity contribution in [3.05, 3.63) is 24.0 Å². The second kappa shape index (κ2) is 6.87. The zero-order valence-corrected chi connectivity index (χ0v) is 14.0. The second-order valence-electron chi connectivity index (χ2n) is 5.97. The van der Waals surface area contributed by atoms with Gasteiger partial charge in [-0.2, -0.15) is 11.8 Å². The minimum absolute atomic E-state index is 0.0523. The van der Waals surface area contributed by atoms with Crippen LogP contribution in [0.1, 0.15) is 24.3 Å². The predicted molar refractivity (Wildman–Crippen MR) is 89.7 cm³/mol. The number of thioether (sulfide) groups is 1. The lowest BCUT2D eigenvalue weighted by molar-refractivity contribution is -0.00522. The molecule has 0 saturated carbocycles. The topological polar surface area (TPSA) is 45.7 Å². The van der Waals surface area contributed by atoms with Crippen molar-refractivity contribution in [2.24, 2.45) is 0 Å². The van der Waals surface area contributed by atoms with E-state index in [1.54, 1.807) is 6.20 Å². The van der Waals surface area contributed by atoms with Crippen LogP contribution in [0.25, 0.3) is 0 Å². The Labute approximate surface area is 136 Å². The predicted octanol–water partition coefficient (Wildman–Crippen LogP) is 1.88. The quantitative estimate of drug-likeness (QED) is 0.832. The summed E-state index contributed by atoms with van der Waals surface area (Å²) in [5, 5.41) is 0. The lowest BCUT2D eigenvalue weighted by Gasteiger charge is -2.37. The highest BCUT2D eigenvalue weighted by molar-refractivity contribution is 7.99. The van der Waals surface area contributed by atoms with Crippen molar-refractivity contribution in [2.45, 2.75) is 26.1 Å². The van der Waals surface area contributed by atoms with Gasteiger partial charge in [0.05, 0.1) is 12.2 Å². The van der Waals surface area contributed by atoms with Crippen LogP contribution in [0, 0.1) is 0 Å². The summed E-state index contributed by atoms with van der Waals surface area (Å²) in [4.78, 5) is 21.1. The summed E-state index contributed by atoms with van der Waals surface area (Å²) in [5.41, 5.74) is 1.61. The lowest BCUT2D eigenvalue weighted by Crippen LogP contribution is -2.45. The molecule has 2 aliphatic rings. The summed E-state index contributed by atoms with van der Waals surface area (Å²) >= 11 is 1.90. The Bertz CT molecular complexity index is 524.